The number of fused-ring (bicyclic) bond motifs is 1. The molecule has 2 aromatic rings. The van der Waals surface area contributed by atoms with Crippen LogP contribution >= 0.6 is 0 Å². The van der Waals surface area contributed by atoms with Crippen LogP contribution < -0.4 is 11.2 Å². The third-order valence-corrected chi connectivity index (χ3v) is 7.34. The highest BCUT2D eigenvalue weighted by Gasteiger charge is 2.29. The summed E-state index contributed by atoms with van der Waals surface area (Å²) in [5.74, 6) is -0.776. The number of aromatic amines is 1. The number of ether oxygens (including phenoxy) is 1. The van der Waals surface area contributed by atoms with Crippen molar-refractivity contribution in [2.24, 2.45) is 0 Å². The van der Waals surface area contributed by atoms with E-state index in [4.69, 9.17) is 4.74 Å². The molecule has 0 amide bonds. The summed E-state index contributed by atoms with van der Waals surface area (Å²) >= 11 is 0. The molecular weight excluding hydrogens is 384 g/mol. The Morgan fingerprint density at radius 1 is 1.18 bits per heavy atom. The highest BCUT2D eigenvalue weighted by molar-refractivity contribution is 7.92. The number of carbonyl (C=O) groups excluding carboxylic acids is 1. The number of aromatic nitrogens is 2. The summed E-state index contributed by atoms with van der Waals surface area (Å²) < 4.78 is 30.4. The quantitative estimate of drug-likeness (QED) is 0.521. The van der Waals surface area contributed by atoms with Gasteiger partial charge in [-0.3, -0.25) is 14.2 Å². The largest absolute Gasteiger partial charge is 0.466 e. The lowest BCUT2D eigenvalue weighted by Gasteiger charge is -2.11. The molecule has 8 nitrogen and oxygen atoms in total. The number of H-pyrrole nitrogens is 1. The zero-order valence-electron chi connectivity index (χ0n) is 15.6. The van der Waals surface area contributed by atoms with E-state index in [1.54, 1.807) is 24.3 Å². The lowest BCUT2D eigenvalue weighted by Crippen LogP contribution is -2.35. The molecule has 0 bridgehead atoms. The van der Waals surface area contributed by atoms with Crippen molar-refractivity contribution < 1.29 is 17.9 Å². The fraction of sp³-hybridized carbons (Fsp3) is 0.526. The monoisotopic (exact) mass is 408 g/mol. The third kappa shape index (κ3) is 4.70. The number of nitrogens with zero attached hydrogens (tertiary/aromatic N) is 1. The summed E-state index contributed by atoms with van der Waals surface area (Å²) in [5, 5.41) is 0.0861. The first-order chi connectivity index (χ1) is 13.4. The smallest absolute Gasteiger partial charge is 0.328 e. The molecule has 1 aromatic heterocycles. The molecule has 3 rings (SSSR count). The van der Waals surface area contributed by atoms with Gasteiger partial charge in [0, 0.05) is 6.54 Å². The molecule has 152 valence electrons. The molecular formula is C19H24N2O6S. The maximum Gasteiger partial charge on any atom is 0.328 e. The molecule has 0 atom stereocenters. The highest BCUT2D eigenvalue weighted by atomic mass is 32.2. The predicted molar refractivity (Wildman–Crippen MR) is 105 cm³/mol. The van der Waals surface area contributed by atoms with Crippen LogP contribution in [0, 0.1) is 0 Å². The molecule has 1 saturated carbocycles. The van der Waals surface area contributed by atoms with Crippen molar-refractivity contribution in [1.29, 1.82) is 0 Å². The molecule has 1 aromatic carbocycles. The van der Waals surface area contributed by atoms with Crippen molar-refractivity contribution in [2.75, 3.05) is 12.4 Å². The Hall–Kier alpha value is -2.42. The highest BCUT2D eigenvalue weighted by Crippen LogP contribution is 2.25. The minimum Gasteiger partial charge on any atom is -0.466 e. The number of benzene rings is 1. The zero-order chi connectivity index (χ0) is 20.1. The van der Waals surface area contributed by atoms with Crippen LogP contribution in [0.25, 0.3) is 10.9 Å². The summed E-state index contributed by atoms with van der Waals surface area (Å²) in [6, 6.07) is 6.74. The van der Waals surface area contributed by atoms with Gasteiger partial charge in [0.1, 0.15) is 0 Å². The lowest BCUT2D eigenvalue weighted by atomic mass is 10.2. The van der Waals surface area contributed by atoms with E-state index < -0.39 is 27.1 Å². The molecule has 0 spiro atoms. The van der Waals surface area contributed by atoms with E-state index in [0.717, 1.165) is 17.4 Å². The van der Waals surface area contributed by atoms with E-state index in [0.29, 0.717) is 23.7 Å². The van der Waals surface area contributed by atoms with Gasteiger partial charge < -0.3 is 9.72 Å². The third-order valence-electron chi connectivity index (χ3n) is 5.08. The van der Waals surface area contributed by atoms with Crippen LogP contribution in [0.5, 0.6) is 0 Å². The first-order valence-corrected chi connectivity index (χ1v) is 11.2. The number of hydrogen-bond acceptors (Lipinski definition) is 6. The van der Waals surface area contributed by atoms with Gasteiger partial charge in [0.2, 0.25) is 0 Å². The molecule has 0 unspecified atom stereocenters. The zero-order valence-corrected chi connectivity index (χ0v) is 16.4. The number of carbonyl (C=O) groups is 1. The molecule has 0 saturated heterocycles. The molecule has 9 heteroatoms. The first-order valence-electron chi connectivity index (χ1n) is 9.47. The molecule has 0 radical (unpaired) electrons. The van der Waals surface area contributed by atoms with E-state index in [-0.39, 0.29) is 37.0 Å². The summed E-state index contributed by atoms with van der Waals surface area (Å²) in [6.45, 7) is 0.119. The summed E-state index contributed by atoms with van der Waals surface area (Å²) in [5.41, 5.74) is -0.435. The van der Waals surface area contributed by atoms with Crippen LogP contribution in [-0.4, -0.2) is 41.5 Å². The van der Waals surface area contributed by atoms with Gasteiger partial charge in [-0.05, 0) is 31.4 Å². The normalized spacial score (nSPS) is 15.1. The minimum atomic E-state index is -3.25. The number of rotatable bonds is 8. The van der Waals surface area contributed by atoms with Crippen LogP contribution in [0.3, 0.4) is 0 Å². The summed E-state index contributed by atoms with van der Waals surface area (Å²) in [4.78, 5) is 38.9. The Bertz CT molecular complexity index is 1060. The Labute approximate surface area is 162 Å². The second-order valence-electron chi connectivity index (χ2n) is 7.03. The fourth-order valence-electron chi connectivity index (χ4n) is 3.52. The van der Waals surface area contributed by atoms with Crippen molar-refractivity contribution in [3.63, 3.8) is 0 Å². The van der Waals surface area contributed by atoms with Crippen LogP contribution in [0.2, 0.25) is 0 Å². The van der Waals surface area contributed by atoms with Gasteiger partial charge in [-0.1, -0.05) is 25.0 Å². The number of nitrogens with one attached hydrogen (secondary N) is 1. The number of esters is 1. The molecule has 1 aliphatic carbocycles. The van der Waals surface area contributed by atoms with Crippen molar-refractivity contribution in [2.45, 2.75) is 50.3 Å². The van der Waals surface area contributed by atoms with Crippen molar-refractivity contribution in [3.8, 4) is 0 Å². The van der Waals surface area contributed by atoms with E-state index in [2.05, 4.69) is 4.98 Å². The van der Waals surface area contributed by atoms with Gasteiger partial charge >= 0.3 is 11.7 Å². The average molecular weight is 408 g/mol. The number of para-hydroxylation sites is 1. The predicted octanol–water partition coefficient (Wildman–Crippen LogP) is 1.37. The Morgan fingerprint density at radius 2 is 1.89 bits per heavy atom. The van der Waals surface area contributed by atoms with Crippen LogP contribution in [0.15, 0.2) is 33.9 Å². The molecule has 1 fully saturated rings. The summed E-state index contributed by atoms with van der Waals surface area (Å²) in [6.07, 6.45) is 3.29. The van der Waals surface area contributed by atoms with Gasteiger partial charge in [-0.25, -0.2) is 13.2 Å². The second kappa shape index (κ2) is 8.72. The fourth-order valence-corrected chi connectivity index (χ4v) is 5.36. The number of sulfone groups is 1. The van der Waals surface area contributed by atoms with Crippen LogP contribution in [0.1, 0.15) is 38.5 Å². The van der Waals surface area contributed by atoms with Gasteiger partial charge in [0.25, 0.3) is 5.56 Å². The SMILES string of the molecule is O=C(CCS(=O)(=O)C1CCCC1)OCCCn1c(=O)[nH]c2ccccc2c1=O. The van der Waals surface area contributed by atoms with Gasteiger partial charge in [-0.2, -0.15) is 0 Å². The average Bonchev–Trinajstić information content (AvgIpc) is 3.21. The Balaban J connectivity index is 1.48. The van der Waals surface area contributed by atoms with Crippen molar-refractivity contribution in [1.82, 2.24) is 9.55 Å². The minimum absolute atomic E-state index is 0.0149. The lowest BCUT2D eigenvalue weighted by molar-refractivity contribution is -0.143. The molecule has 28 heavy (non-hydrogen) atoms. The Kier molecular flexibility index (Phi) is 6.33. The van der Waals surface area contributed by atoms with Gasteiger partial charge in [0.05, 0.1) is 34.9 Å². The van der Waals surface area contributed by atoms with Crippen molar-refractivity contribution in [3.05, 3.63) is 45.1 Å². The van der Waals surface area contributed by atoms with Gasteiger partial charge in [0.15, 0.2) is 9.84 Å². The molecule has 1 heterocycles. The van der Waals surface area contributed by atoms with E-state index in [1.807, 2.05) is 0 Å². The first kappa shape index (κ1) is 20.3. The topological polar surface area (TPSA) is 115 Å². The number of hydrogen-bond donors (Lipinski definition) is 1. The molecule has 1 aliphatic rings. The van der Waals surface area contributed by atoms with Crippen molar-refractivity contribution >= 4 is 26.7 Å². The standard InChI is InChI=1S/C19H24N2O6S/c22-17(10-13-28(25,26)14-6-1-2-7-14)27-12-5-11-21-18(23)15-8-3-4-9-16(15)20-19(21)24/h3-4,8-9,14H,1-2,5-7,10-13H2,(H,20,24). The van der Waals surface area contributed by atoms with Crippen LogP contribution in [0.4, 0.5) is 0 Å². The van der Waals surface area contributed by atoms with E-state index in [1.165, 1.54) is 0 Å². The maximum atomic E-state index is 12.4. The second-order valence-corrected chi connectivity index (χ2v) is 9.43. The Morgan fingerprint density at radius 3 is 2.64 bits per heavy atom. The summed E-state index contributed by atoms with van der Waals surface area (Å²) in [7, 11) is -3.25. The van der Waals surface area contributed by atoms with E-state index >= 15 is 0 Å². The maximum absolute atomic E-state index is 12.4. The molecule has 0 aliphatic heterocycles. The van der Waals surface area contributed by atoms with Crippen LogP contribution in [-0.2, 0) is 25.9 Å². The van der Waals surface area contributed by atoms with Gasteiger partial charge in [-0.15, -0.1) is 0 Å². The molecule has 1 N–H and O–H groups in total. The van der Waals surface area contributed by atoms with E-state index in [9.17, 15) is 22.8 Å².